The highest BCUT2D eigenvalue weighted by molar-refractivity contribution is 7.80. The van der Waals surface area contributed by atoms with Gasteiger partial charge in [-0.05, 0) is 52.8 Å². The molecule has 0 heterocycles. The smallest absolute Gasteiger partial charge is 0.276 e. The van der Waals surface area contributed by atoms with Crippen LogP contribution in [0.2, 0.25) is 0 Å². The molecule has 7 nitrogen and oxygen atoms in total. The first kappa shape index (κ1) is 21.1. The van der Waals surface area contributed by atoms with Crippen LogP contribution in [-0.4, -0.2) is 30.6 Å². The van der Waals surface area contributed by atoms with E-state index in [0.29, 0.717) is 11.5 Å². The number of hydrazine groups is 1. The highest BCUT2D eigenvalue weighted by Gasteiger charge is 2.10. The van der Waals surface area contributed by atoms with Crippen LogP contribution in [0, 0.1) is 0 Å². The van der Waals surface area contributed by atoms with Crippen molar-refractivity contribution in [3.8, 4) is 11.5 Å². The number of methoxy groups -OCH3 is 1. The van der Waals surface area contributed by atoms with Crippen LogP contribution >= 0.6 is 12.2 Å². The summed E-state index contributed by atoms with van der Waals surface area (Å²) in [6.45, 7) is -0.216. The molecule has 30 heavy (non-hydrogen) atoms. The fourth-order valence-corrected chi connectivity index (χ4v) is 2.97. The molecule has 0 unspecified atom stereocenters. The number of amides is 2. The van der Waals surface area contributed by atoms with Crippen molar-refractivity contribution in [1.82, 2.24) is 16.2 Å². The molecule has 3 rings (SSSR count). The van der Waals surface area contributed by atoms with E-state index in [1.165, 1.54) is 0 Å². The van der Waals surface area contributed by atoms with Gasteiger partial charge in [-0.1, -0.05) is 42.5 Å². The number of nitrogens with one attached hydrogen (secondary N) is 3. The fraction of sp³-hybridized carbons (Fsp3) is 0.136. The maximum absolute atomic E-state index is 12.3. The maximum atomic E-state index is 12.3. The highest BCUT2D eigenvalue weighted by atomic mass is 32.1. The summed E-state index contributed by atoms with van der Waals surface area (Å²) in [5.74, 6) is 0.485. The van der Waals surface area contributed by atoms with Gasteiger partial charge in [-0.3, -0.25) is 20.4 Å². The number of ether oxygens (including phenoxy) is 2. The molecule has 0 aromatic heterocycles. The zero-order valence-electron chi connectivity index (χ0n) is 16.3. The molecule has 154 valence electrons. The number of fused-ring (bicyclic) bond motifs is 1. The van der Waals surface area contributed by atoms with Gasteiger partial charge in [0.2, 0.25) is 5.91 Å². The van der Waals surface area contributed by atoms with Crippen molar-refractivity contribution in [2.45, 2.75) is 6.42 Å². The molecule has 3 N–H and O–H groups in total. The molecule has 0 saturated heterocycles. The van der Waals surface area contributed by atoms with E-state index in [1.54, 1.807) is 31.4 Å². The Labute approximate surface area is 179 Å². The molecule has 0 spiro atoms. The van der Waals surface area contributed by atoms with E-state index >= 15 is 0 Å². The summed E-state index contributed by atoms with van der Waals surface area (Å²) in [4.78, 5) is 24.2. The second-order valence-corrected chi connectivity index (χ2v) is 6.74. The molecule has 0 bridgehead atoms. The average Bonchev–Trinajstić information content (AvgIpc) is 2.77. The minimum absolute atomic E-state index is 0.00182. The quantitative estimate of drug-likeness (QED) is 0.417. The van der Waals surface area contributed by atoms with Crippen molar-refractivity contribution < 1.29 is 19.1 Å². The lowest BCUT2D eigenvalue weighted by Crippen LogP contribution is -2.49. The molecule has 3 aromatic carbocycles. The molecule has 0 radical (unpaired) electrons. The van der Waals surface area contributed by atoms with E-state index < -0.39 is 5.91 Å². The molecule has 0 fully saturated rings. The first-order valence-electron chi connectivity index (χ1n) is 9.17. The Morgan fingerprint density at radius 3 is 2.33 bits per heavy atom. The zero-order chi connectivity index (χ0) is 21.3. The predicted molar refractivity (Wildman–Crippen MR) is 118 cm³/mol. The van der Waals surface area contributed by atoms with E-state index in [0.717, 1.165) is 16.3 Å². The number of rotatable bonds is 6. The topological polar surface area (TPSA) is 88.7 Å². The van der Waals surface area contributed by atoms with Crippen LogP contribution < -0.4 is 25.6 Å². The largest absolute Gasteiger partial charge is 0.497 e. The normalized spacial score (nSPS) is 10.2. The third-order valence-corrected chi connectivity index (χ3v) is 4.43. The van der Waals surface area contributed by atoms with Gasteiger partial charge < -0.3 is 14.8 Å². The number of carbonyl (C=O) groups excluding carboxylic acids is 2. The monoisotopic (exact) mass is 423 g/mol. The third-order valence-electron chi connectivity index (χ3n) is 4.23. The molecule has 8 heteroatoms. The van der Waals surface area contributed by atoms with E-state index in [4.69, 9.17) is 21.7 Å². The summed E-state index contributed by atoms with van der Waals surface area (Å²) < 4.78 is 10.4. The molecule has 0 aliphatic rings. The summed E-state index contributed by atoms with van der Waals surface area (Å²) in [6, 6.07) is 20.5. The molecule has 0 saturated carbocycles. The number of hydrogen-bond donors (Lipinski definition) is 3. The van der Waals surface area contributed by atoms with Gasteiger partial charge in [-0.25, -0.2) is 0 Å². The molecule has 0 aliphatic carbocycles. The Hall–Kier alpha value is -3.65. The summed E-state index contributed by atoms with van der Waals surface area (Å²) in [5.41, 5.74) is 5.76. The van der Waals surface area contributed by atoms with Crippen molar-refractivity contribution in [2.75, 3.05) is 13.7 Å². The van der Waals surface area contributed by atoms with Gasteiger partial charge in [-0.15, -0.1) is 0 Å². The minimum atomic E-state index is -0.448. The van der Waals surface area contributed by atoms with Gasteiger partial charge >= 0.3 is 0 Å². The predicted octanol–water partition coefficient (Wildman–Crippen LogP) is 2.49. The first-order chi connectivity index (χ1) is 14.5. The molecular formula is C22H21N3O4S. The minimum Gasteiger partial charge on any atom is -0.497 e. The SMILES string of the molecule is COc1ccc(OCC(=O)NNC(=S)NC(=O)Cc2cccc3ccccc23)cc1. The van der Waals surface area contributed by atoms with Crippen LogP contribution in [0.4, 0.5) is 0 Å². The Morgan fingerprint density at radius 2 is 1.57 bits per heavy atom. The van der Waals surface area contributed by atoms with Gasteiger partial charge in [0.15, 0.2) is 11.7 Å². The van der Waals surface area contributed by atoms with E-state index in [1.807, 2.05) is 42.5 Å². The van der Waals surface area contributed by atoms with Crippen molar-refractivity contribution in [1.29, 1.82) is 0 Å². The lowest BCUT2D eigenvalue weighted by molar-refractivity contribution is -0.124. The summed E-state index contributed by atoms with van der Waals surface area (Å²) in [7, 11) is 1.57. The van der Waals surface area contributed by atoms with E-state index in [-0.39, 0.29) is 24.0 Å². The number of thiocarbonyl (C=S) groups is 1. The average molecular weight is 423 g/mol. The van der Waals surface area contributed by atoms with Crippen molar-refractivity contribution in [3.63, 3.8) is 0 Å². The summed E-state index contributed by atoms with van der Waals surface area (Å²) in [5, 5.41) is 4.62. The lowest BCUT2D eigenvalue weighted by atomic mass is 10.0. The van der Waals surface area contributed by atoms with Gasteiger partial charge in [0.25, 0.3) is 5.91 Å². The van der Waals surface area contributed by atoms with Crippen molar-refractivity contribution >= 4 is 39.9 Å². The first-order valence-corrected chi connectivity index (χ1v) is 9.58. The summed E-state index contributed by atoms with van der Waals surface area (Å²) >= 11 is 5.05. The highest BCUT2D eigenvalue weighted by Crippen LogP contribution is 2.19. The van der Waals surface area contributed by atoms with E-state index in [2.05, 4.69) is 16.2 Å². The molecule has 0 aliphatic heterocycles. The fourth-order valence-electron chi connectivity index (χ4n) is 2.81. The Morgan fingerprint density at radius 1 is 0.867 bits per heavy atom. The van der Waals surface area contributed by atoms with Crippen LogP contribution in [0.1, 0.15) is 5.56 Å². The zero-order valence-corrected chi connectivity index (χ0v) is 17.1. The Bertz CT molecular complexity index is 1050. The maximum Gasteiger partial charge on any atom is 0.276 e. The van der Waals surface area contributed by atoms with Crippen LogP contribution in [0.5, 0.6) is 11.5 Å². The number of carbonyl (C=O) groups is 2. The second-order valence-electron chi connectivity index (χ2n) is 6.33. The van der Waals surface area contributed by atoms with Crippen LogP contribution in [-0.2, 0) is 16.0 Å². The van der Waals surface area contributed by atoms with Crippen LogP contribution in [0.3, 0.4) is 0 Å². The van der Waals surface area contributed by atoms with E-state index in [9.17, 15) is 9.59 Å². The van der Waals surface area contributed by atoms with Gasteiger partial charge in [0, 0.05) is 0 Å². The molecule has 3 aromatic rings. The molecule has 0 atom stereocenters. The number of benzene rings is 3. The van der Waals surface area contributed by atoms with Gasteiger partial charge in [0.1, 0.15) is 11.5 Å². The molecular weight excluding hydrogens is 402 g/mol. The second kappa shape index (κ2) is 10.2. The van der Waals surface area contributed by atoms with Crippen LogP contribution in [0.25, 0.3) is 10.8 Å². The molecule has 2 amide bonds. The van der Waals surface area contributed by atoms with Crippen LogP contribution in [0.15, 0.2) is 66.7 Å². The standard InChI is InChI=1S/C22H21N3O4S/c1-28-17-9-11-18(12-10-17)29-14-21(27)24-25-22(30)23-20(26)13-16-7-4-6-15-5-2-3-8-19(15)16/h2-12H,13-14H2,1H3,(H,24,27)(H2,23,25,26,30). The van der Waals surface area contributed by atoms with Gasteiger partial charge in [0.05, 0.1) is 13.5 Å². The van der Waals surface area contributed by atoms with Crippen molar-refractivity contribution in [2.24, 2.45) is 0 Å². The Balaban J connectivity index is 1.42. The van der Waals surface area contributed by atoms with Crippen molar-refractivity contribution in [3.05, 3.63) is 72.3 Å². The Kier molecular flexibility index (Phi) is 7.18. The third kappa shape index (κ3) is 5.92. The summed E-state index contributed by atoms with van der Waals surface area (Å²) in [6.07, 6.45) is 0.164. The lowest BCUT2D eigenvalue weighted by Gasteiger charge is -2.12. The van der Waals surface area contributed by atoms with Gasteiger partial charge in [-0.2, -0.15) is 0 Å². The number of hydrogen-bond acceptors (Lipinski definition) is 5.